The van der Waals surface area contributed by atoms with Crippen LogP contribution in [0.5, 0.6) is 0 Å². The summed E-state index contributed by atoms with van der Waals surface area (Å²) in [5, 5.41) is 5.02. The Morgan fingerprint density at radius 3 is 2.31 bits per heavy atom. The van der Waals surface area contributed by atoms with E-state index in [9.17, 15) is 0 Å². The zero-order chi connectivity index (χ0) is 10.3. The number of rotatable bonds is 6. The molecule has 2 heteroatoms. The summed E-state index contributed by atoms with van der Waals surface area (Å²) in [6, 6.07) is 0. The van der Waals surface area contributed by atoms with E-state index in [1.807, 2.05) is 0 Å². The smallest absolute Gasteiger partial charge is 0.0545 e. The maximum Gasteiger partial charge on any atom is 0.0545 e. The molecule has 78 valence electrons. The predicted octanol–water partition coefficient (Wildman–Crippen LogP) is 2.48. The molecule has 0 aromatic heterocycles. The fraction of sp³-hybridized carbons (Fsp3) is 0.818. The van der Waals surface area contributed by atoms with E-state index >= 15 is 0 Å². The molecule has 0 aliphatic heterocycles. The third kappa shape index (κ3) is 5.91. The molecule has 0 bridgehead atoms. The van der Waals surface area contributed by atoms with Crippen LogP contribution in [-0.2, 0) is 0 Å². The summed E-state index contributed by atoms with van der Waals surface area (Å²) in [7, 11) is -0.0195. The highest BCUT2D eigenvalue weighted by molar-refractivity contribution is 6.47. The Balaban J connectivity index is 4.09. The molecule has 0 amide bonds. The fourth-order valence-corrected chi connectivity index (χ4v) is 3.07. The first-order valence-electron chi connectivity index (χ1n) is 5.54. The zero-order valence-electron chi connectivity index (χ0n) is 9.85. The van der Waals surface area contributed by atoms with Gasteiger partial charge in [-0.25, -0.2) is 0 Å². The number of allylic oxidation sites excluding steroid dienone is 1. The van der Waals surface area contributed by atoms with E-state index < -0.39 is 0 Å². The minimum Gasteiger partial charge on any atom is -0.392 e. The second-order valence-electron chi connectivity index (χ2n) is 4.15. The van der Waals surface area contributed by atoms with Crippen LogP contribution in [0, 0.1) is 5.92 Å². The van der Waals surface area contributed by atoms with Gasteiger partial charge in [-0.3, -0.25) is 0 Å². The highest BCUT2D eigenvalue weighted by Gasteiger charge is 2.07. The first-order chi connectivity index (χ1) is 6.11. The third-order valence-electron chi connectivity index (χ3n) is 2.51. The van der Waals surface area contributed by atoms with Crippen molar-refractivity contribution in [2.75, 3.05) is 6.54 Å². The Hall–Kier alpha value is -0.243. The van der Waals surface area contributed by atoms with Crippen molar-refractivity contribution in [3.05, 3.63) is 11.4 Å². The molecule has 0 aromatic carbocycles. The zero-order valence-corrected chi connectivity index (χ0v) is 11.3. The molecule has 0 spiro atoms. The Labute approximate surface area is 85.8 Å². The van der Waals surface area contributed by atoms with Gasteiger partial charge < -0.3 is 5.32 Å². The highest BCUT2D eigenvalue weighted by atomic mass is 28.2. The number of nitrogens with one attached hydrogen (secondary N) is 1. The van der Waals surface area contributed by atoms with Gasteiger partial charge >= 0.3 is 0 Å². The molecule has 0 aromatic rings. The van der Waals surface area contributed by atoms with Gasteiger partial charge in [0, 0.05) is 6.54 Å². The van der Waals surface area contributed by atoms with Gasteiger partial charge in [0.25, 0.3) is 0 Å². The van der Waals surface area contributed by atoms with Crippen molar-refractivity contribution in [1.29, 1.82) is 0 Å². The van der Waals surface area contributed by atoms with Gasteiger partial charge in [0.05, 0.1) is 9.52 Å². The highest BCUT2D eigenvalue weighted by Crippen LogP contribution is 2.16. The van der Waals surface area contributed by atoms with Gasteiger partial charge in [-0.1, -0.05) is 44.9 Å². The van der Waals surface area contributed by atoms with Crippen LogP contribution in [-0.4, -0.2) is 16.1 Å². The molecular weight excluding hydrogens is 174 g/mol. The average molecular weight is 199 g/mol. The van der Waals surface area contributed by atoms with Crippen LogP contribution < -0.4 is 5.32 Å². The summed E-state index contributed by atoms with van der Waals surface area (Å²) < 4.78 is 0. The van der Waals surface area contributed by atoms with E-state index in [0.29, 0.717) is 0 Å². The molecule has 0 aliphatic carbocycles. The van der Waals surface area contributed by atoms with Gasteiger partial charge in [-0.05, 0) is 19.0 Å². The van der Waals surface area contributed by atoms with Crippen LogP contribution in [0.1, 0.15) is 41.0 Å². The molecule has 1 unspecified atom stereocenters. The summed E-state index contributed by atoms with van der Waals surface area (Å²) in [6.07, 6.45) is 3.60. The van der Waals surface area contributed by atoms with Gasteiger partial charge in [0.1, 0.15) is 0 Å². The van der Waals surface area contributed by atoms with Gasteiger partial charge in [0.2, 0.25) is 0 Å². The van der Waals surface area contributed by atoms with Crippen LogP contribution in [0.25, 0.3) is 0 Å². The first kappa shape index (κ1) is 12.8. The predicted molar refractivity (Wildman–Crippen MR) is 64.9 cm³/mol. The van der Waals surface area contributed by atoms with Crippen molar-refractivity contribution in [3.63, 3.8) is 0 Å². The Morgan fingerprint density at radius 2 is 1.92 bits per heavy atom. The molecule has 1 atom stereocenters. The monoisotopic (exact) mass is 199 g/mol. The lowest BCUT2D eigenvalue weighted by molar-refractivity contribution is 0.776. The molecule has 0 radical (unpaired) electrons. The summed E-state index contributed by atoms with van der Waals surface area (Å²) in [4.78, 5) is 0. The molecule has 1 nitrogen and oxygen atoms in total. The Kier molecular flexibility index (Phi) is 7.05. The molecular formula is C11H25NSi. The molecule has 0 rings (SSSR count). The third-order valence-corrected chi connectivity index (χ3v) is 5.28. The molecule has 0 saturated heterocycles. The topological polar surface area (TPSA) is 12.0 Å². The lowest BCUT2D eigenvalue weighted by Crippen LogP contribution is -2.13. The van der Waals surface area contributed by atoms with Crippen LogP contribution >= 0.6 is 0 Å². The normalized spacial score (nSPS) is 15.7. The summed E-state index contributed by atoms with van der Waals surface area (Å²) >= 11 is 0. The van der Waals surface area contributed by atoms with Gasteiger partial charge in [0.15, 0.2) is 0 Å². The van der Waals surface area contributed by atoms with Crippen molar-refractivity contribution in [1.82, 2.24) is 5.32 Å². The van der Waals surface area contributed by atoms with Crippen LogP contribution in [0.3, 0.4) is 0 Å². The van der Waals surface area contributed by atoms with E-state index in [0.717, 1.165) is 18.0 Å². The Bertz CT molecular complexity index is 152. The van der Waals surface area contributed by atoms with Gasteiger partial charge in [-0.2, -0.15) is 0 Å². The number of hydrogen-bond donors (Lipinski definition) is 1. The van der Waals surface area contributed by atoms with E-state index in [4.69, 9.17) is 0 Å². The second-order valence-corrected chi connectivity index (χ2v) is 6.77. The summed E-state index contributed by atoms with van der Waals surface area (Å²) in [5.74, 6) is 0.736. The summed E-state index contributed by atoms with van der Waals surface area (Å²) in [5.41, 5.74) is 0.951. The van der Waals surface area contributed by atoms with Crippen LogP contribution in [0.15, 0.2) is 11.4 Å². The van der Waals surface area contributed by atoms with Crippen molar-refractivity contribution in [3.8, 4) is 0 Å². The fourth-order valence-electron chi connectivity index (χ4n) is 1.24. The Morgan fingerprint density at radius 1 is 1.31 bits per heavy atom. The number of hydrogen-bond acceptors (Lipinski definition) is 1. The standard InChI is InChI=1S/C11H25NSi/c1-6-10(5)13-11(9(3)4)8-12-7-2/h8-10,12H,6-7,13H2,1-5H3. The minimum atomic E-state index is -0.0195. The van der Waals surface area contributed by atoms with Crippen molar-refractivity contribution in [2.45, 2.75) is 46.6 Å². The molecule has 13 heavy (non-hydrogen) atoms. The second kappa shape index (κ2) is 7.19. The maximum absolute atomic E-state index is 3.33. The van der Waals surface area contributed by atoms with Crippen LogP contribution in [0.2, 0.25) is 5.54 Å². The minimum absolute atomic E-state index is 0.0195. The largest absolute Gasteiger partial charge is 0.392 e. The lowest BCUT2D eigenvalue weighted by Gasteiger charge is -2.15. The van der Waals surface area contributed by atoms with E-state index in [1.54, 1.807) is 5.20 Å². The molecule has 0 fully saturated rings. The summed E-state index contributed by atoms with van der Waals surface area (Å²) in [6.45, 7) is 12.5. The average Bonchev–Trinajstić information content (AvgIpc) is 2.11. The van der Waals surface area contributed by atoms with E-state index in [2.05, 4.69) is 46.1 Å². The van der Waals surface area contributed by atoms with Gasteiger partial charge in [-0.15, -0.1) is 0 Å². The van der Waals surface area contributed by atoms with Crippen molar-refractivity contribution >= 4 is 9.52 Å². The molecule has 0 aliphatic rings. The van der Waals surface area contributed by atoms with Crippen molar-refractivity contribution < 1.29 is 0 Å². The van der Waals surface area contributed by atoms with E-state index in [-0.39, 0.29) is 9.52 Å². The van der Waals surface area contributed by atoms with Crippen molar-refractivity contribution in [2.24, 2.45) is 5.92 Å². The molecule has 0 saturated carbocycles. The lowest BCUT2D eigenvalue weighted by atomic mass is 10.2. The van der Waals surface area contributed by atoms with E-state index in [1.165, 1.54) is 6.42 Å². The quantitative estimate of drug-likeness (QED) is 0.648. The van der Waals surface area contributed by atoms with Crippen LogP contribution in [0.4, 0.5) is 0 Å². The first-order valence-corrected chi connectivity index (χ1v) is 7.06. The molecule has 0 heterocycles. The maximum atomic E-state index is 3.33. The SMILES string of the molecule is CCNC=C([SiH2]C(C)CC)C(C)C. The molecule has 1 N–H and O–H groups in total.